The number of primary sulfonamides is 1. The predicted molar refractivity (Wildman–Crippen MR) is 179 cm³/mol. The molecule has 2 aliphatic rings. The second-order valence-corrected chi connectivity index (χ2v) is 16.3. The Morgan fingerprint density at radius 3 is 2.15 bits per heavy atom. The molecule has 10 nitrogen and oxygen atoms in total. The number of thioether (sulfide) groups is 1. The van der Waals surface area contributed by atoms with Gasteiger partial charge in [-0.25, -0.2) is 18.5 Å². The van der Waals surface area contributed by atoms with Crippen LogP contribution in [0.5, 0.6) is 0 Å². The third-order valence-electron chi connectivity index (χ3n) is 8.04. The molecule has 6 rings (SSSR count). The van der Waals surface area contributed by atoms with Gasteiger partial charge in [-0.1, -0.05) is 79.7 Å². The van der Waals surface area contributed by atoms with Gasteiger partial charge in [-0.05, 0) is 65.1 Å². The summed E-state index contributed by atoms with van der Waals surface area (Å²) in [5.41, 5.74) is 2.49. The standard InChI is InChI=1S/C32H29ClN4O6S3/c1-32(2,3)18-6-4-17(5-7-18)24-25-26(29(40)37(28(25)39)21-12-8-19(33)9-13-21)44-30-27(24)45-31(41)36(30)16-23(38)35-20-10-14-22(15-11-20)46(34,42)43/h4-15,24-26H,16H2,1-3H3,(H,35,38)(H2,34,42,43)/t24-,25?,26?/m0/s1. The van der Waals surface area contributed by atoms with Crippen molar-refractivity contribution in [1.82, 2.24) is 4.57 Å². The molecule has 3 amide bonds. The van der Waals surface area contributed by atoms with Crippen LogP contribution >= 0.6 is 34.7 Å². The number of nitrogens with two attached hydrogens (primary N) is 1. The van der Waals surface area contributed by atoms with E-state index in [9.17, 15) is 27.6 Å². The first-order chi connectivity index (χ1) is 21.6. The van der Waals surface area contributed by atoms with E-state index in [2.05, 4.69) is 26.1 Å². The molecule has 238 valence electrons. The molecular formula is C32H29ClN4O6S3. The third kappa shape index (κ3) is 5.93. The maximum Gasteiger partial charge on any atom is 0.308 e. The van der Waals surface area contributed by atoms with Crippen LogP contribution < -0.4 is 20.2 Å². The van der Waals surface area contributed by atoms with E-state index in [0.29, 0.717) is 26.3 Å². The second-order valence-electron chi connectivity index (χ2n) is 12.1. The summed E-state index contributed by atoms with van der Waals surface area (Å²) in [4.78, 5) is 55.9. The molecule has 2 unspecified atom stereocenters. The number of anilines is 2. The number of rotatable bonds is 6. The number of amides is 3. The van der Waals surface area contributed by atoms with Gasteiger partial charge < -0.3 is 5.32 Å². The molecule has 0 saturated carbocycles. The molecule has 0 radical (unpaired) electrons. The molecular weight excluding hydrogens is 668 g/mol. The Kier molecular flexibility index (Phi) is 8.26. The number of sulfonamides is 1. The van der Waals surface area contributed by atoms with E-state index < -0.39 is 43.8 Å². The number of carbonyl (C=O) groups excluding carboxylic acids is 3. The predicted octanol–water partition coefficient (Wildman–Crippen LogP) is 4.94. The van der Waals surface area contributed by atoms with Crippen molar-refractivity contribution in [3.8, 4) is 0 Å². The Balaban J connectivity index is 1.38. The zero-order valence-corrected chi connectivity index (χ0v) is 28.1. The molecule has 1 saturated heterocycles. The number of thiazole rings is 1. The number of hydrogen-bond acceptors (Lipinski definition) is 8. The van der Waals surface area contributed by atoms with Gasteiger partial charge in [0.2, 0.25) is 27.7 Å². The van der Waals surface area contributed by atoms with Gasteiger partial charge in [0.25, 0.3) is 0 Å². The number of nitrogens with zero attached hydrogens (tertiary/aromatic N) is 2. The zero-order chi connectivity index (χ0) is 33.1. The molecule has 4 aromatic rings. The van der Waals surface area contributed by atoms with Crippen LogP contribution in [0.3, 0.4) is 0 Å². The van der Waals surface area contributed by atoms with Crippen LogP contribution in [0.1, 0.15) is 42.7 Å². The lowest BCUT2D eigenvalue weighted by molar-refractivity contribution is -0.122. The van der Waals surface area contributed by atoms with Crippen molar-refractivity contribution in [2.75, 3.05) is 10.2 Å². The summed E-state index contributed by atoms with van der Waals surface area (Å²) in [7, 11) is -3.90. The van der Waals surface area contributed by atoms with Gasteiger partial charge in [-0.2, -0.15) is 0 Å². The average molecular weight is 697 g/mol. The van der Waals surface area contributed by atoms with Crippen LogP contribution in [-0.4, -0.2) is 36.0 Å². The fourth-order valence-electron chi connectivity index (χ4n) is 5.72. The van der Waals surface area contributed by atoms with Crippen molar-refractivity contribution in [3.63, 3.8) is 0 Å². The Hall–Kier alpha value is -3.75. The highest BCUT2D eigenvalue weighted by molar-refractivity contribution is 8.00. The van der Waals surface area contributed by atoms with Crippen molar-refractivity contribution < 1.29 is 22.8 Å². The van der Waals surface area contributed by atoms with E-state index in [1.54, 1.807) is 24.3 Å². The fourth-order valence-corrected chi connectivity index (χ4v) is 9.14. The van der Waals surface area contributed by atoms with Gasteiger partial charge in [-0.15, -0.1) is 0 Å². The average Bonchev–Trinajstić information content (AvgIpc) is 3.43. The Labute approximate surface area is 278 Å². The summed E-state index contributed by atoms with van der Waals surface area (Å²) >= 11 is 8.15. The first-order valence-electron chi connectivity index (χ1n) is 14.2. The summed E-state index contributed by atoms with van der Waals surface area (Å²) in [6, 6.07) is 19.7. The van der Waals surface area contributed by atoms with E-state index in [-0.39, 0.29) is 22.8 Å². The Bertz CT molecular complexity index is 2030. The topological polar surface area (TPSA) is 149 Å². The van der Waals surface area contributed by atoms with Crippen molar-refractivity contribution >= 4 is 73.8 Å². The summed E-state index contributed by atoms with van der Waals surface area (Å²) in [5, 5.41) is 7.92. The highest BCUT2D eigenvalue weighted by atomic mass is 35.5. The lowest BCUT2D eigenvalue weighted by Crippen LogP contribution is -2.33. The number of imide groups is 1. The molecule has 0 spiro atoms. The summed E-state index contributed by atoms with van der Waals surface area (Å²) < 4.78 is 24.5. The number of hydrogen-bond donors (Lipinski definition) is 2. The second kappa shape index (κ2) is 11.8. The van der Waals surface area contributed by atoms with Crippen molar-refractivity contribution in [3.05, 3.63) is 103 Å². The van der Waals surface area contributed by atoms with Gasteiger partial charge in [-0.3, -0.25) is 23.7 Å². The lowest BCUT2D eigenvalue weighted by Gasteiger charge is -2.31. The number of aromatic nitrogens is 1. The zero-order valence-electron chi connectivity index (χ0n) is 24.9. The first-order valence-corrected chi connectivity index (χ1v) is 17.8. The minimum atomic E-state index is -3.90. The van der Waals surface area contributed by atoms with E-state index in [4.69, 9.17) is 16.7 Å². The first kappa shape index (κ1) is 32.2. The SMILES string of the molecule is CC(C)(C)c1ccc([C@@H]2c3sc(=O)n(CC(=O)Nc4ccc(S(N)(=O)=O)cc4)c3SC3C(=O)N(c4ccc(Cl)cc4)C(=O)C32)cc1. The van der Waals surface area contributed by atoms with E-state index in [0.717, 1.165) is 34.2 Å². The quantitative estimate of drug-likeness (QED) is 0.271. The van der Waals surface area contributed by atoms with Crippen LogP contribution in [0, 0.1) is 5.92 Å². The maximum atomic E-state index is 14.1. The van der Waals surface area contributed by atoms with Crippen LogP contribution in [0.15, 0.2) is 87.5 Å². The smallest absolute Gasteiger partial charge is 0.308 e. The molecule has 46 heavy (non-hydrogen) atoms. The van der Waals surface area contributed by atoms with Crippen LogP contribution in [0.4, 0.5) is 11.4 Å². The van der Waals surface area contributed by atoms with Crippen LogP contribution in [0.25, 0.3) is 0 Å². The van der Waals surface area contributed by atoms with Crippen molar-refractivity contribution in [1.29, 1.82) is 0 Å². The van der Waals surface area contributed by atoms with Gasteiger partial charge >= 0.3 is 4.87 Å². The van der Waals surface area contributed by atoms with Crippen LogP contribution in [-0.2, 0) is 36.4 Å². The maximum absolute atomic E-state index is 14.1. The van der Waals surface area contributed by atoms with Crippen LogP contribution in [0.2, 0.25) is 5.02 Å². The van der Waals surface area contributed by atoms with E-state index in [1.807, 2.05) is 24.3 Å². The third-order valence-corrected chi connectivity index (χ3v) is 11.8. The summed E-state index contributed by atoms with van der Waals surface area (Å²) in [6.07, 6.45) is 0. The number of benzene rings is 3. The minimum Gasteiger partial charge on any atom is -0.325 e. The highest BCUT2D eigenvalue weighted by Gasteiger charge is 2.56. The lowest BCUT2D eigenvalue weighted by atomic mass is 9.81. The fraction of sp³-hybridized carbons (Fsp3) is 0.250. The van der Waals surface area contributed by atoms with Crippen molar-refractivity contribution in [2.45, 2.75) is 53.8 Å². The molecule has 14 heteroatoms. The molecule has 2 aliphatic heterocycles. The largest absolute Gasteiger partial charge is 0.325 e. The molecule has 3 heterocycles. The molecule has 3 atom stereocenters. The van der Waals surface area contributed by atoms with E-state index in [1.165, 1.54) is 33.7 Å². The number of nitrogens with one attached hydrogen (secondary N) is 1. The van der Waals surface area contributed by atoms with Gasteiger partial charge in [0.05, 0.1) is 21.5 Å². The molecule has 3 N–H and O–H groups in total. The van der Waals surface area contributed by atoms with Gasteiger partial charge in [0.1, 0.15) is 11.8 Å². The van der Waals surface area contributed by atoms with Gasteiger partial charge in [0, 0.05) is 21.5 Å². The Morgan fingerprint density at radius 1 is 0.935 bits per heavy atom. The van der Waals surface area contributed by atoms with E-state index >= 15 is 0 Å². The number of carbonyl (C=O) groups is 3. The summed E-state index contributed by atoms with van der Waals surface area (Å²) in [6.45, 7) is 5.94. The number of fused-ring (bicyclic) bond motifs is 2. The number of halogens is 1. The van der Waals surface area contributed by atoms with Crippen molar-refractivity contribution in [2.24, 2.45) is 11.1 Å². The monoisotopic (exact) mass is 696 g/mol. The normalized spacial score (nSPS) is 19.6. The molecule has 1 fully saturated rings. The molecule has 0 aliphatic carbocycles. The Morgan fingerprint density at radius 2 is 1.57 bits per heavy atom. The summed E-state index contributed by atoms with van der Waals surface area (Å²) in [5.74, 6) is -2.69. The minimum absolute atomic E-state index is 0.107. The molecule has 1 aromatic heterocycles. The highest BCUT2D eigenvalue weighted by Crippen LogP contribution is 2.54. The molecule has 0 bridgehead atoms. The van der Waals surface area contributed by atoms with Gasteiger partial charge in [0.15, 0.2) is 0 Å². The molecule has 3 aromatic carbocycles.